The van der Waals surface area contributed by atoms with E-state index >= 15 is 0 Å². The lowest BCUT2D eigenvalue weighted by Crippen LogP contribution is -1.96. The Labute approximate surface area is 87.7 Å². The maximum Gasteiger partial charge on any atom is 0.264 e. The van der Waals surface area contributed by atoms with Gasteiger partial charge in [0.05, 0.1) is 5.56 Å². The van der Waals surface area contributed by atoms with Crippen molar-refractivity contribution in [2.75, 3.05) is 0 Å². The van der Waals surface area contributed by atoms with Crippen LogP contribution in [0.5, 0.6) is 5.75 Å². The molecule has 14 heavy (non-hydrogen) atoms. The number of hydrogen-bond acceptors (Lipinski definition) is 2. The van der Waals surface area contributed by atoms with Crippen LogP contribution in [0.1, 0.15) is 29.3 Å². The molecule has 0 unspecified atom stereocenters. The van der Waals surface area contributed by atoms with Gasteiger partial charge in [-0.3, -0.25) is 4.79 Å². The summed E-state index contributed by atoms with van der Waals surface area (Å²) in [4.78, 5) is 11.0. The third-order valence-electron chi connectivity index (χ3n) is 1.70. The first-order valence-electron chi connectivity index (χ1n) is 3.75. The van der Waals surface area contributed by atoms with Gasteiger partial charge >= 0.3 is 0 Å². The molecule has 76 valence electrons. The second kappa shape index (κ2) is 4.04. The van der Waals surface area contributed by atoms with Crippen molar-refractivity contribution < 1.29 is 18.7 Å². The van der Waals surface area contributed by atoms with Crippen molar-refractivity contribution in [2.24, 2.45) is 0 Å². The number of ketones is 1. The number of phenols is 1. The fraction of sp³-hybridized carbons (Fsp3) is 0.222. The van der Waals surface area contributed by atoms with Crippen molar-refractivity contribution in [3.05, 3.63) is 27.7 Å². The summed E-state index contributed by atoms with van der Waals surface area (Å²) in [5, 5.41) is 9.31. The molecule has 0 aliphatic rings. The van der Waals surface area contributed by atoms with E-state index in [4.69, 9.17) is 0 Å². The summed E-state index contributed by atoms with van der Waals surface area (Å²) in [7, 11) is 0. The number of rotatable bonds is 2. The van der Waals surface area contributed by atoms with Crippen LogP contribution in [0, 0.1) is 0 Å². The summed E-state index contributed by atoms with van der Waals surface area (Å²) < 4.78 is 24.7. The highest BCUT2D eigenvalue weighted by Crippen LogP contribution is 2.32. The molecule has 0 amide bonds. The van der Waals surface area contributed by atoms with Gasteiger partial charge in [0, 0.05) is 10.0 Å². The van der Waals surface area contributed by atoms with Crippen molar-refractivity contribution in [3.8, 4) is 5.75 Å². The molecule has 0 saturated carbocycles. The predicted octanol–water partition coefficient (Wildman–Crippen LogP) is 3.29. The molecular formula is C9H7BrF2O2. The second-order valence-electron chi connectivity index (χ2n) is 2.75. The van der Waals surface area contributed by atoms with Gasteiger partial charge in [-0.25, -0.2) is 8.78 Å². The number of carbonyl (C=O) groups excluding carboxylic acids is 1. The van der Waals surface area contributed by atoms with E-state index in [2.05, 4.69) is 15.9 Å². The minimum atomic E-state index is -2.67. The van der Waals surface area contributed by atoms with E-state index in [0.29, 0.717) is 0 Å². The Morgan fingerprint density at radius 2 is 2.07 bits per heavy atom. The van der Waals surface area contributed by atoms with Crippen molar-refractivity contribution in [1.29, 1.82) is 0 Å². The number of carbonyl (C=O) groups is 1. The zero-order valence-electron chi connectivity index (χ0n) is 7.22. The Bertz CT molecular complexity index is 354. The largest absolute Gasteiger partial charge is 0.507 e. The van der Waals surface area contributed by atoms with Crippen LogP contribution in [0.25, 0.3) is 0 Å². The summed E-state index contributed by atoms with van der Waals surface area (Å²) in [5.41, 5.74) is -0.297. The molecule has 0 heterocycles. The Kier molecular flexibility index (Phi) is 3.21. The fourth-order valence-corrected chi connectivity index (χ4v) is 1.83. The van der Waals surface area contributed by atoms with E-state index in [1.165, 1.54) is 6.92 Å². The van der Waals surface area contributed by atoms with Gasteiger partial charge in [-0.1, -0.05) is 0 Å². The Hall–Kier alpha value is -0.970. The first-order chi connectivity index (χ1) is 6.43. The Morgan fingerprint density at radius 3 is 2.43 bits per heavy atom. The molecule has 0 fully saturated rings. The lowest BCUT2D eigenvalue weighted by Gasteiger charge is -2.06. The summed E-state index contributed by atoms with van der Waals surface area (Å²) in [6.07, 6.45) is -2.67. The molecular weight excluding hydrogens is 258 g/mol. The van der Waals surface area contributed by atoms with Gasteiger partial charge in [-0.15, -0.1) is 0 Å². The minimum Gasteiger partial charge on any atom is -0.507 e. The van der Waals surface area contributed by atoms with Crippen LogP contribution in [-0.2, 0) is 0 Å². The number of halogens is 3. The van der Waals surface area contributed by atoms with Crippen molar-refractivity contribution in [2.45, 2.75) is 13.3 Å². The summed E-state index contributed by atoms with van der Waals surface area (Å²) in [6.45, 7) is 1.25. The highest BCUT2D eigenvalue weighted by Gasteiger charge is 2.16. The van der Waals surface area contributed by atoms with E-state index < -0.39 is 12.2 Å². The van der Waals surface area contributed by atoms with Gasteiger partial charge in [0.2, 0.25) is 0 Å². The molecule has 0 aliphatic heterocycles. The molecule has 0 aliphatic carbocycles. The molecule has 0 atom stereocenters. The molecule has 0 aromatic heterocycles. The number of alkyl halides is 2. The Balaban J connectivity index is 3.32. The van der Waals surface area contributed by atoms with Gasteiger partial charge < -0.3 is 5.11 Å². The van der Waals surface area contributed by atoms with Crippen LogP contribution < -0.4 is 0 Å². The first kappa shape index (κ1) is 11.1. The third kappa shape index (κ3) is 2.09. The number of Topliss-reactive ketones (excluding diaryl/α,β-unsaturated/α-hetero) is 1. The first-order valence-corrected chi connectivity index (χ1v) is 4.54. The topological polar surface area (TPSA) is 37.3 Å². The van der Waals surface area contributed by atoms with Crippen LogP contribution in [0.15, 0.2) is 16.6 Å². The third-order valence-corrected chi connectivity index (χ3v) is 2.32. The van der Waals surface area contributed by atoms with Crippen molar-refractivity contribution in [3.63, 3.8) is 0 Å². The quantitative estimate of drug-likeness (QED) is 0.833. The SMILES string of the molecule is CC(=O)c1c(O)cc(C(F)F)cc1Br. The maximum atomic E-state index is 12.2. The molecule has 1 aromatic carbocycles. The number of aromatic hydroxyl groups is 1. The van der Waals surface area contributed by atoms with E-state index in [0.717, 1.165) is 12.1 Å². The van der Waals surface area contributed by atoms with Gasteiger partial charge in [0.1, 0.15) is 5.75 Å². The van der Waals surface area contributed by atoms with E-state index in [1.807, 2.05) is 0 Å². The lowest BCUT2D eigenvalue weighted by atomic mass is 10.1. The smallest absolute Gasteiger partial charge is 0.264 e. The molecule has 0 saturated heterocycles. The highest BCUT2D eigenvalue weighted by atomic mass is 79.9. The minimum absolute atomic E-state index is 0.0226. The molecule has 2 nitrogen and oxygen atoms in total. The van der Waals surface area contributed by atoms with Crippen LogP contribution in [-0.4, -0.2) is 10.9 Å². The number of benzene rings is 1. The normalized spacial score (nSPS) is 10.6. The van der Waals surface area contributed by atoms with Crippen molar-refractivity contribution in [1.82, 2.24) is 0 Å². The zero-order valence-corrected chi connectivity index (χ0v) is 8.81. The van der Waals surface area contributed by atoms with E-state index in [1.54, 1.807) is 0 Å². The molecule has 5 heteroatoms. The predicted molar refractivity (Wildman–Crippen MR) is 50.8 cm³/mol. The Morgan fingerprint density at radius 1 is 1.50 bits per heavy atom. The van der Waals surface area contributed by atoms with Crippen LogP contribution in [0.2, 0.25) is 0 Å². The maximum absolute atomic E-state index is 12.2. The highest BCUT2D eigenvalue weighted by molar-refractivity contribution is 9.10. The van der Waals surface area contributed by atoms with Crippen LogP contribution in [0.4, 0.5) is 8.78 Å². The molecule has 0 bridgehead atoms. The summed E-state index contributed by atoms with van der Waals surface area (Å²) in [5.74, 6) is -0.808. The average molecular weight is 265 g/mol. The van der Waals surface area contributed by atoms with Gasteiger partial charge in [-0.2, -0.15) is 0 Å². The second-order valence-corrected chi connectivity index (χ2v) is 3.61. The van der Waals surface area contributed by atoms with Gasteiger partial charge in [-0.05, 0) is 35.0 Å². The monoisotopic (exact) mass is 264 g/mol. The fourth-order valence-electron chi connectivity index (χ4n) is 1.09. The van der Waals surface area contributed by atoms with Gasteiger partial charge in [0.25, 0.3) is 6.43 Å². The molecule has 1 N–H and O–H groups in total. The molecule has 0 radical (unpaired) electrons. The average Bonchev–Trinajstić information content (AvgIpc) is 2.01. The number of hydrogen-bond donors (Lipinski definition) is 1. The van der Waals surface area contributed by atoms with Crippen LogP contribution in [0.3, 0.4) is 0 Å². The molecule has 0 spiro atoms. The van der Waals surface area contributed by atoms with Crippen molar-refractivity contribution >= 4 is 21.7 Å². The summed E-state index contributed by atoms with van der Waals surface area (Å²) >= 11 is 2.95. The standard InChI is InChI=1S/C9H7BrF2O2/c1-4(13)8-6(10)2-5(9(11)12)3-7(8)14/h2-3,9,14H,1H3. The lowest BCUT2D eigenvalue weighted by molar-refractivity contribution is 0.101. The zero-order chi connectivity index (χ0) is 10.9. The van der Waals surface area contributed by atoms with E-state index in [9.17, 15) is 18.7 Å². The molecule has 1 rings (SSSR count). The van der Waals surface area contributed by atoms with Gasteiger partial charge in [0.15, 0.2) is 5.78 Å². The van der Waals surface area contributed by atoms with Crippen LogP contribution >= 0.6 is 15.9 Å². The molecule has 1 aromatic rings. The number of phenolic OH excluding ortho intramolecular Hbond substituents is 1. The summed E-state index contributed by atoms with van der Waals surface area (Å²) in [6, 6.07) is 2.02. The van der Waals surface area contributed by atoms with E-state index in [-0.39, 0.29) is 21.4 Å².